The molecule has 24 heavy (non-hydrogen) atoms. The molecule has 1 aliphatic rings. The third-order valence-electron chi connectivity index (χ3n) is 3.50. The Morgan fingerprint density at radius 1 is 1.38 bits per heavy atom. The lowest BCUT2D eigenvalue weighted by Gasteiger charge is -2.15. The number of anilines is 1. The van der Waals surface area contributed by atoms with E-state index in [1.165, 1.54) is 11.3 Å². The van der Waals surface area contributed by atoms with Gasteiger partial charge in [-0.1, -0.05) is 35.3 Å². The number of hydrogen-bond donors (Lipinski definition) is 1. The summed E-state index contributed by atoms with van der Waals surface area (Å²) in [7, 11) is 2.01. The molecule has 1 N–H and O–H groups in total. The van der Waals surface area contributed by atoms with Gasteiger partial charge in [-0.05, 0) is 30.0 Å². The van der Waals surface area contributed by atoms with E-state index in [-0.39, 0.29) is 12.3 Å². The highest BCUT2D eigenvalue weighted by Crippen LogP contribution is 2.25. The number of hydrogen-bond acceptors (Lipinski definition) is 4. The molecule has 0 fully saturated rings. The number of likely N-dealkylation sites (N-methyl/N-ethyl adjacent to an activating group) is 1. The minimum Gasteiger partial charge on any atom is -0.377 e. The van der Waals surface area contributed by atoms with Crippen molar-refractivity contribution in [3.8, 4) is 0 Å². The van der Waals surface area contributed by atoms with Crippen LogP contribution in [0.1, 0.15) is 11.3 Å². The summed E-state index contributed by atoms with van der Waals surface area (Å²) >= 11 is 13.3. The number of nitrogens with one attached hydrogen (secondary N) is 1. The summed E-state index contributed by atoms with van der Waals surface area (Å²) in [6.45, 7) is 0.850. The Bertz CT molecular complexity index is 829. The van der Waals surface area contributed by atoms with Crippen molar-refractivity contribution in [2.45, 2.75) is 6.42 Å². The Morgan fingerprint density at radius 3 is 2.92 bits per heavy atom. The molecule has 0 bridgehead atoms. The van der Waals surface area contributed by atoms with Crippen LogP contribution < -0.4 is 5.32 Å². The SMILES string of the molecule is CN1C=CC(c2csc(NC(=O)Cc3ccc(Cl)c(Cl)c3)n2)=CC1. The maximum atomic E-state index is 12.2. The van der Waals surface area contributed by atoms with Gasteiger partial charge in [-0.15, -0.1) is 11.3 Å². The second kappa shape index (κ2) is 7.38. The van der Waals surface area contributed by atoms with Gasteiger partial charge in [-0.2, -0.15) is 0 Å². The number of nitrogens with zero attached hydrogens (tertiary/aromatic N) is 2. The van der Waals surface area contributed by atoms with Gasteiger partial charge in [0, 0.05) is 24.5 Å². The molecule has 2 aromatic rings. The Labute approximate surface area is 154 Å². The van der Waals surface area contributed by atoms with Gasteiger partial charge >= 0.3 is 0 Å². The summed E-state index contributed by atoms with van der Waals surface area (Å²) in [6.07, 6.45) is 6.35. The third-order valence-corrected chi connectivity index (χ3v) is 5.00. The molecule has 3 rings (SSSR count). The van der Waals surface area contributed by atoms with E-state index in [2.05, 4.69) is 21.3 Å². The van der Waals surface area contributed by atoms with E-state index >= 15 is 0 Å². The van der Waals surface area contributed by atoms with Crippen molar-refractivity contribution in [2.75, 3.05) is 18.9 Å². The van der Waals surface area contributed by atoms with Crippen molar-refractivity contribution in [3.05, 3.63) is 63.2 Å². The Balaban J connectivity index is 1.63. The molecule has 1 amide bonds. The molecule has 0 atom stereocenters. The zero-order valence-corrected chi connectivity index (χ0v) is 15.3. The molecule has 124 valence electrons. The molecule has 4 nitrogen and oxygen atoms in total. The molecule has 0 saturated carbocycles. The summed E-state index contributed by atoms with van der Waals surface area (Å²) in [6, 6.07) is 5.17. The van der Waals surface area contributed by atoms with E-state index < -0.39 is 0 Å². The van der Waals surface area contributed by atoms with Crippen LogP contribution in [-0.2, 0) is 11.2 Å². The topological polar surface area (TPSA) is 45.2 Å². The summed E-state index contributed by atoms with van der Waals surface area (Å²) in [5.41, 5.74) is 2.74. The number of rotatable bonds is 4. The first-order valence-corrected chi connectivity index (χ1v) is 8.93. The molecule has 0 saturated heterocycles. The van der Waals surface area contributed by atoms with E-state index in [9.17, 15) is 4.79 Å². The molecule has 0 unspecified atom stereocenters. The van der Waals surface area contributed by atoms with Crippen LogP contribution in [0.3, 0.4) is 0 Å². The van der Waals surface area contributed by atoms with Crippen LogP contribution >= 0.6 is 34.5 Å². The van der Waals surface area contributed by atoms with Crippen LogP contribution in [0.2, 0.25) is 10.0 Å². The van der Waals surface area contributed by atoms with Crippen molar-refractivity contribution in [3.63, 3.8) is 0 Å². The predicted molar refractivity (Wildman–Crippen MR) is 101 cm³/mol. The van der Waals surface area contributed by atoms with Gasteiger partial charge in [0.25, 0.3) is 0 Å². The Morgan fingerprint density at radius 2 is 2.21 bits per heavy atom. The largest absolute Gasteiger partial charge is 0.377 e. The lowest BCUT2D eigenvalue weighted by molar-refractivity contribution is -0.115. The number of amides is 1. The standard InChI is InChI=1S/C17H15Cl2N3OS/c1-22-6-4-12(5-7-22)15-10-24-17(20-15)21-16(23)9-11-2-3-13(18)14(19)8-11/h2-6,8,10H,7,9H2,1H3,(H,20,21,23). The van der Waals surface area contributed by atoms with Gasteiger partial charge in [-0.25, -0.2) is 4.98 Å². The number of aromatic nitrogens is 1. The van der Waals surface area contributed by atoms with Gasteiger partial charge in [0.1, 0.15) is 0 Å². The average molecular weight is 380 g/mol. The maximum Gasteiger partial charge on any atom is 0.230 e. The number of carbonyl (C=O) groups excluding carboxylic acids is 1. The fourth-order valence-electron chi connectivity index (χ4n) is 2.23. The molecule has 2 heterocycles. The van der Waals surface area contributed by atoms with Crippen molar-refractivity contribution in [1.82, 2.24) is 9.88 Å². The monoisotopic (exact) mass is 379 g/mol. The molecule has 1 aromatic heterocycles. The lowest BCUT2D eigenvalue weighted by Crippen LogP contribution is -2.14. The van der Waals surface area contributed by atoms with Gasteiger partial charge in [-0.3, -0.25) is 4.79 Å². The van der Waals surface area contributed by atoms with E-state index in [1.807, 2.05) is 24.7 Å². The van der Waals surface area contributed by atoms with Crippen LogP contribution in [-0.4, -0.2) is 29.4 Å². The summed E-state index contributed by atoms with van der Waals surface area (Å²) in [5.74, 6) is -0.137. The number of carbonyl (C=O) groups is 1. The highest BCUT2D eigenvalue weighted by molar-refractivity contribution is 7.14. The van der Waals surface area contributed by atoms with Crippen molar-refractivity contribution >= 4 is 51.2 Å². The Kier molecular flexibility index (Phi) is 5.23. The second-order valence-corrected chi connectivity index (χ2v) is 7.10. The molecule has 1 aliphatic heterocycles. The quantitative estimate of drug-likeness (QED) is 0.851. The zero-order valence-electron chi connectivity index (χ0n) is 12.9. The second-order valence-electron chi connectivity index (χ2n) is 5.43. The predicted octanol–water partition coefficient (Wildman–Crippen LogP) is 4.47. The van der Waals surface area contributed by atoms with Gasteiger partial charge in [0.05, 0.1) is 22.2 Å². The minimum absolute atomic E-state index is 0.137. The molecule has 0 spiro atoms. The van der Waals surface area contributed by atoms with Crippen LogP contribution in [0, 0.1) is 0 Å². The molecular formula is C17H15Cl2N3OS. The normalized spacial score (nSPS) is 13.8. The lowest BCUT2D eigenvalue weighted by atomic mass is 10.1. The van der Waals surface area contributed by atoms with E-state index in [4.69, 9.17) is 23.2 Å². The zero-order chi connectivity index (χ0) is 17.1. The van der Waals surface area contributed by atoms with Gasteiger partial charge in [0.15, 0.2) is 5.13 Å². The molecule has 0 aliphatic carbocycles. The fourth-order valence-corrected chi connectivity index (χ4v) is 3.29. The summed E-state index contributed by atoms with van der Waals surface area (Å²) < 4.78 is 0. The molecule has 7 heteroatoms. The fraction of sp³-hybridized carbons (Fsp3) is 0.176. The third kappa shape index (κ3) is 4.17. The first kappa shape index (κ1) is 17.0. The maximum absolute atomic E-state index is 12.2. The molecule has 0 radical (unpaired) electrons. The smallest absolute Gasteiger partial charge is 0.230 e. The Hall–Kier alpha value is -1.82. The average Bonchev–Trinajstić information content (AvgIpc) is 3.00. The minimum atomic E-state index is -0.137. The highest BCUT2D eigenvalue weighted by Gasteiger charge is 2.11. The van der Waals surface area contributed by atoms with Crippen molar-refractivity contribution < 1.29 is 4.79 Å². The van der Waals surface area contributed by atoms with E-state index in [1.54, 1.807) is 18.2 Å². The van der Waals surface area contributed by atoms with E-state index in [0.717, 1.165) is 23.4 Å². The van der Waals surface area contributed by atoms with Crippen LogP contribution in [0.25, 0.3) is 5.57 Å². The summed E-state index contributed by atoms with van der Waals surface area (Å²) in [5, 5.41) is 6.27. The van der Waals surface area contributed by atoms with E-state index in [0.29, 0.717) is 15.2 Å². The number of thiazole rings is 1. The van der Waals surface area contributed by atoms with Crippen LogP contribution in [0.5, 0.6) is 0 Å². The highest BCUT2D eigenvalue weighted by atomic mass is 35.5. The van der Waals surface area contributed by atoms with Crippen molar-refractivity contribution in [2.24, 2.45) is 0 Å². The molecular weight excluding hydrogens is 365 g/mol. The number of benzene rings is 1. The van der Waals surface area contributed by atoms with Crippen molar-refractivity contribution in [1.29, 1.82) is 0 Å². The number of allylic oxidation sites excluding steroid dienone is 2. The van der Waals surface area contributed by atoms with Crippen LogP contribution in [0.15, 0.2) is 41.9 Å². The first-order chi connectivity index (χ1) is 11.5. The van der Waals surface area contributed by atoms with Gasteiger partial charge < -0.3 is 10.2 Å². The number of halogens is 2. The first-order valence-electron chi connectivity index (χ1n) is 7.29. The van der Waals surface area contributed by atoms with Gasteiger partial charge in [0.2, 0.25) is 5.91 Å². The summed E-state index contributed by atoms with van der Waals surface area (Å²) in [4.78, 5) is 18.7. The molecule has 1 aromatic carbocycles. The van der Waals surface area contributed by atoms with Crippen LogP contribution in [0.4, 0.5) is 5.13 Å².